The maximum Gasteiger partial charge on any atom is 0.243 e. The molecule has 3 N–H and O–H groups in total. The lowest BCUT2D eigenvalue weighted by Crippen LogP contribution is -2.44. The van der Waals surface area contributed by atoms with Crippen LogP contribution in [-0.2, 0) is 19.6 Å². The van der Waals surface area contributed by atoms with E-state index in [4.69, 9.17) is 5.73 Å². The Morgan fingerprint density at radius 3 is 2.37 bits per heavy atom. The van der Waals surface area contributed by atoms with Crippen LogP contribution in [0.1, 0.15) is 25.7 Å². The van der Waals surface area contributed by atoms with Gasteiger partial charge in [0.15, 0.2) is 0 Å². The fourth-order valence-electron chi connectivity index (χ4n) is 3.62. The van der Waals surface area contributed by atoms with E-state index in [0.717, 1.165) is 32.2 Å². The van der Waals surface area contributed by atoms with Crippen molar-refractivity contribution >= 4 is 27.5 Å². The second-order valence-corrected chi connectivity index (χ2v) is 9.10. The number of nitrogens with one attached hydrogen (secondary N) is 1. The molecule has 0 saturated carbocycles. The minimum atomic E-state index is -3.45. The van der Waals surface area contributed by atoms with Gasteiger partial charge in [0.1, 0.15) is 0 Å². The number of nitrogens with two attached hydrogens (primary N) is 1. The molecule has 3 rings (SSSR count). The van der Waals surface area contributed by atoms with Crippen LogP contribution >= 0.6 is 0 Å². The minimum Gasteiger partial charge on any atom is -0.369 e. The average molecular weight is 394 g/mol. The zero-order valence-corrected chi connectivity index (χ0v) is 16.1. The largest absolute Gasteiger partial charge is 0.369 e. The molecule has 2 heterocycles. The third-order valence-corrected chi connectivity index (χ3v) is 7.03. The Balaban J connectivity index is 1.56. The average Bonchev–Trinajstić information content (AvgIpc) is 3.18. The SMILES string of the molecule is NC(=O)C1CCCN(CC(=O)Nc2ccc(S(=O)(=O)N3CCCC3)cc2)C1. The number of nitrogens with zero attached hydrogens (tertiary/aromatic N) is 2. The molecule has 0 radical (unpaired) electrons. The van der Waals surface area contributed by atoms with Gasteiger partial charge in [-0.05, 0) is 56.5 Å². The number of rotatable bonds is 6. The van der Waals surface area contributed by atoms with Crippen LogP contribution in [0.2, 0.25) is 0 Å². The Kier molecular flexibility index (Phi) is 6.13. The van der Waals surface area contributed by atoms with Crippen molar-refractivity contribution in [3.63, 3.8) is 0 Å². The number of benzene rings is 1. The van der Waals surface area contributed by atoms with E-state index in [2.05, 4.69) is 5.32 Å². The number of hydrogen-bond donors (Lipinski definition) is 2. The van der Waals surface area contributed by atoms with Crippen molar-refractivity contribution in [1.82, 2.24) is 9.21 Å². The molecule has 0 aromatic heterocycles. The first-order valence-electron chi connectivity index (χ1n) is 9.28. The second kappa shape index (κ2) is 8.37. The topological polar surface area (TPSA) is 113 Å². The fraction of sp³-hybridized carbons (Fsp3) is 0.556. The van der Waals surface area contributed by atoms with Gasteiger partial charge in [0, 0.05) is 25.3 Å². The molecular formula is C18H26N4O4S. The molecule has 0 aliphatic carbocycles. The molecular weight excluding hydrogens is 368 g/mol. The van der Waals surface area contributed by atoms with E-state index in [1.165, 1.54) is 16.4 Å². The first-order valence-corrected chi connectivity index (χ1v) is 10.7. The third-order valence-electron chi connectivity index (χ3n) is 5.12. The summed E-state index contributed by atoms with van der Waals surface area (Å²) in [5.74, 6) is -0.730. The predicted molar refractivity (Wildman–Crippen MR) is 101 cm³/mol. The van der Waals surface area contributed by atoms with E-state index < -0.39 is 10.0 Å². The molecule has 2 amide bonds. The molecule has 9 heteroatoms. The van der Waals surface area contributed by atoms with Crippen molar-refractivity contribution in [3.8, 4) is 0 Å². The van der Waals surface area contributed by atoms with E-state index >= 15 is 0 Å². The smallest absolute Gasteiger partial charge is 0.243 e. The molecule has 2 saturated heterocycles. The zero-order valence-electron chi connectivity index (χ0n) is 15.3. The van der Waals surface area contributed by atoms with Crippen LogP contribution < -0.4 is 11.1 Å². The van der Waals surface area contributed by atoms with Crippen molar-refractivity contribution in [1.29, 1.82) is 0 Å². The Morgan fingerprint density at radius 2 is 1.74 bits per heavy atom. The lowest BCUT2D eigenvalue weighted by molar-refractivity contribution is -0.125. The number of hydrogen-bond acceptors (Lipinski definition) is 5. The van der Waals surface area contributed by atoms with Crippen molar-refractivity contribution in [3.05, 3.63) is 24.3 Å². The van der Waals surface area contributed by atoms with Gasteiger partial charge >= 0.3 is 0 Å². The Morgan fingerprint density at radius 1 is 1.07 bits per heavy atom. The van der Waals surface area contributed by atoms with Crippen LogP contribution in [0.25, 0.3) is 0 Å². The van der Waals surface area contributed by atoms with E-state index in [-0.39, 0.29) is 29.2 Å². The molecule has 1 atom stereocenters. The van der Waals surface area contributed by atoms with E-state index in [1.807, 2.05) is 4.90 Å². The number of primary amides is 1. The lowest BCUT2D eigenvalue weighted by atomic mass is 9.97. The lowest BCUT2D eigenvalue weighted by Gasteiger charge is -2.30. The highest BCUT2D eigenvalue weighted by molar-refractivity contribution is 7.89. The first kappa shape index (κ1) is 19.8. The third kappa shape index (κ3) is 4.85. The normalized spacial score (nSPS) is 21.9. The summed E-state index contributed by atoms with van der Waals surface area (Å²) in [5, 5.41) is 2.78. The number of piperidine rings is 1. The summed E-state index contributed by atoms with van der Waals surface area (Å²) in [6.45, 7) is 2.55. The van der Waals surface area contributed by atoms with Gasteiger partial charge in [-0.25, -0.2) is 8.42 Å². The fourth-order valence-corrected chi connectivity index (χ4v) is 5.14. The molecule has 148 valence electrons. The van der Waals surface area contributed by atoms with Crippen molar-refractivity contribution in [2.24, 2.45) is 11.7 Å². The highest BCUT2D eigenvalue weighted by Crippen LogP contribution is 2.22. The first-order chi connectivity index (χ1) is 12.9. The summed E-state index contributed by atoms with van der Waals surface area (Å²) < 4.78 is 26.5. The van der Waals surface area contributed by atoms with Gasteiger partial charge in [-0.2, -0.15) is 4.31 Å². The van der Waals surface area contributed by atoms with Gasteiger partial charge < -0.3 is 11.1 Å². The van der Waals surface area contributed by atoms with Crippen LogP contribution in [-0.4, -0.2) is 62.2 Å². The predicted octanol–water partition coefficient (Wildman–Crippen LogP) is 0.607. The molecule has 8 nitrogen and oxygen atoms in total. The molecule has 27 heavy (non-hydrogen) atoms. The van der Waals surface area contributed by atoms with Crippen LogP contribution in [0.4, 0.5) is 5.69 Å². The van der Waals surface area contributed by atoms with Gasteiger partial charge in [-0.3, -0.25) is 14.5 Å². The summed E-state index contributed by atoms with van der Waals surface area (Å²) in [6.07, 6.45) is 3.38. The summed E-state index contributed by atoms with van der Waals surface area (Å²) in [7, 11) is -3.45. The second-order valence-electron chi connectivity index (χ2n) is 7.16. The van der Waals surface area contributed by atoms with E-state index in [9.17, 15) is 18.0 Å². The molecule has 0 bridgehead atoms. The van der Waals surface area contributed by atoms with E-state index in [1.54, 1.807) is 12.1 Å². The number of likely N-dealkylation sites (tertiary alicyclic amines) is 1. The number of carbonyl (C=O) groups is 2. The van der Waals surface area contributed by atoms with Gasteiger partial charge in [-0.1, -0.05) is 0 Å². The van der Waals surface area contributed by atoms with Crippen LogP contribution in [0, 0.1) is 5.92 Å². The van der Waals surface area contributed by atoms with E-state index in [0.29, 0.717) is 25.3 Å². The molecule has 2 fully saturated rings. The number of sulfonamides is 1. The molecule has 2 aliphatic rings. The Labute approximate surface area is 159 Å². The number of amides is 2. The summed E-state index contributed by atoms with van der Waals surface area (Å²) >= 11 is 0. The Hall–Kier alpha value is -1.97. The highest BCUT2D eigenvalue weighted by atomic mass is 32.2. The van der Waals surface area contributed by atoms with Gasteiger partial charge in [0.05, 0.1) is 17.4 Å². The zero-order chi connectivity index (χ0) is 19.4. The summed E-state index contributed by atoms with van der Waals surface area (Å²) in [4.78, 5) is 25.7. The Bertz CT molecular complexity index is 788. The van der Waals surface area contributed by atoms with Crippen molar-refractivity contribution in [2.75, 3.05) is 38.0 Å². The maximum atomic E-state index is 12.5. The standard InChI is InChI=1S/C18H26N4O4S/c19-18(24)14-4-3-9-21(12-14)13-17(23)20-15-5-7-16(8-6-15)27(25,26)22-10-1-2-11-22/h5-8,14H,1-4,9-13H2,(H2,19,24)(H,20,23). The van der Waals surface area contributed by atoms with Gasteiger partial charge in [-0.15, -0.1) is 0 Å². The monoisotopic (exact) mass is 394 g/mol. The van der Waals surface area contributed by atoms with Gasteiger partial charge in [0.25, 0.3) is 0 Å². The number of anilines is 1. The van der Waals surface area contributed by atoms with Gasteiger partial charge in [0.2, 0.25) is 21.8 Å². The summed E-state index contributed by atoms with van der Waals surface area (Å²) in [5.41, 5.74) is 5.90. The van der Waals surface area contributed by atoms with Crippen LogP contribution in [0.3, 0.4) is 0 Å². The van der Waals surface area contributed by atoms with Crippen LogP contribution in [0.5, 0.6) is 0 Å². The molecule has 0 spiro atoms. The van der Waals surface area contributed by atoms with Crippen molar-refractivity contribution < 1.29 is 18.0 Å². The molecule has 1 unspecified atom stereocenters. The highest BCUT2D eigenvalue weighted by Gasteiger charge is 2.27. The maximum absolute atomic E-state index is 12.5. The minimum absolute atomic E-state index is 0.178. The van der Waals surface area contributed by atoms with Crippen LogP contribution in [0.15, 0.2) is 29.2 Å². The summed E-state index contributed by atoms with van der Waals surface area (Å²) in [6, 6.07) is 6.24. The molecule has 1 aromatic carbocycles. The molecule has 2 aliphatic heterocycles. The molecule has 1 aromatic rings. The number of carbonyl (C=O) groups excluding carboxylic acids is 2. The van der Waals surface area contributed by atoms with Crippen molar-refractivity contribution in [2.45, 2.75) is 30.6 Å². The quantitative estimate of drug-likeness (QED) is 0.734.